The highest BCUT2D eigenvalue weighted by Crippen LogP contribution is 2.18. The Morgan fingerprint density at radius 2 is 1.74 bits per heavy atom. The lowest BCUT2D eigenvalue weighted by Crippen LogP contribution is -2.27. The molecule has 4 rings (SSSR count). The minimum absolute atomic E-state index is 0.103. The molecule has 0 aliphatic rings. The molecule has 0 spiro atoms. The average molecular weight is 457 g/mol. The fraction of sp³-hybridized carbons (Fsp3) is 0.222. The van der Waals surface area contributed by atoms with Crippen molar-refractivity contribution in [3.63, 3.8) is 0 Å². The van der Waals surface area contributed by atoms with Crippen LogP contribution < -0.4 is 15.4 Å². The maximum Gasteiger partial charge on any atom is 0.270 e. The Labute approximate surface area is 198 Å². The molecule has 0 aliphatic heterocycles. The van der Waals surface area contributed by atoms with Crippen LogP contribution in [0.4, 0.5) is 5.69 Å². The van der Waals surface area contributed by atoms with Crippen LogP contribution in [-0.2, 0) is 11.4 Å². The summed E-state index contributed by atoms with van der Waals surface area (Å²) in [6.45, 7) is 4.68. The van der Waals surface area contributed by atoms with Crippen molar-refractivity contribution >= 4 is 23.1 Å². The molecule has 0 bridgehead atoms. The van der Waals surface area contributed by atoms with Gasteiger partial charge in [-0.05, 0) is 61.7 Å². The van der Waals surface area contributed by atoms with Crippen molar-refractivity contribution in [3.05, 3.63) is 95.4 Å². The number of rotatable bonds is 9. The van der Waals surface area contributed by atoms with Crippen LogP contribution in [-0.4, -0.2) is 27.7 Å². The van der Waals surface area contributed by atoms with Gasteiger partial charge in [0.2, 0.25) is 5.91 Å². The molecule has 0 saturated heterocycles. The van der Waals surface area contributed by atoms with E-state index in [1.165, 1.54) is 0 Å². The minimum Gasteiger partial charge on any atom is -0.489 e. The zero-order chi connectivity index (χ0) is 23.9. The molecule has 7 nitrogen and oxygen atoms in total. The van der Waals surface area contributed by atoms with Crippen molar-refractivity contribution in [2.75, 3.05) is 11.9 Å². The van der Waals surface area contributed by atoms with Gasteiger partial charge in [-0.15, -0.1) is 0 Å². The van der Waals surface area contributed by atoms with Crippen LogP contribution in [0.25, 0.3) is 5.65 Å². The van der Waals surface area contributed by atoms with Gasteiger partial charge in [0, 0.05) is 24.8 Å². The fourth-order valence-corrected chi connectivity index (χ4v) is 3.72. The lowest BCUT2D eigenvalue weighted by molar-refractivity contribution is -0.116. The van der Waals surface area contributed by atoms with E-state index in [1.54, 1.807) is 4.40 Å². The molecule has 2 heterocycles. The molecule has 0 fully saturated rings. The molecule has 2 N–H and O–H groups in total. The third kappa shape index (κ3) is 5.61. The number of nitrogens with zero attached hydrogens (tertiary/aromatic N) is 2. The van der Waals surface area contributed by atoms with E-state index < -0.39 is 0 Å². The summed E-state index contributed by atoms with van der Waals surface area (Å²) in [5.41, 5.74) is 4.80. The van der Waals surface area contributed by atoms with Crippen LogP contribution in [0, 0.1) is 13.8 Å². The van der Waals surface area contributed by atoms with Gasteiger partial charge in [0.25, 0.3) is 5.91 Å². The number of anilines is 1. The lowest BCUT2D eigenvalue weighted by Gasteiger charge is -2.09. The second-order valence-corrected chi connectivity index (χ2v) is 8.14. The number of aryl methyl sites for hydroxylation is 2. The Morgan fingerprint density at radius 3 is 2.50 bits per heavy atom. The van der Waals surface area contributed by atoms with Gasteiger partial charge in [0.15, 0.2) is 0 Å². The molecule has 0 saturated carbocycles. The summed E-state index contributed by atoms with van der Waals surface area (Å²) < 4.78 is 7.57. The second-order valence-electron chi connectivity index (χ2n) is 8.14. The number of pyridine rings is 1. The highest BCUT2D eigenvalue weighted by Gasteiger charge is 2.17. The minimum atomic E-state index is -0.193. The molecule has 0 aliphatic carbocycles. The van der Waals surface area contributed by atoms with Crippen LogP contribution in [0.1, 0.15) is 40.2 Å². The summed E-state index contributed by atoms with van der Waals surface area (Å²) in [7, 11) is 0. The number of amides is 2. The lowest BCUT2D eigenvalue weighted by atomic mass is 10.2. The summed E-state index contributed by atoms with van der Waals surface area (Å²) in [4.78, 5) is 29.5. The number of carbonyl (C=O) groups excluding carboxylic acids is 2. The van der Waals surface area contributed by atoms with Gasteiger partial charge < -0.3 is 15.4 Å². The van der Waals surface area contributed by atoms with Crippen molar-refractivity contribution in [1.82, 2.24) is 14.7 Å². The molecule has 0 atom stereocenters. The first-order valence-electron chi connectivity index (χ1n) is 11.3. The predicted molar refractivity (Wildman–Crippen MR) is 132 cm³/mol. The third-order valence-electron chi connectivity index (χ3n) is 5.49. The molecule has 174 valence electrons. The Hall–Kier alpha value is -4.13. The van der Waals surface area contributed by atoms with E-state index in [0.29, 0.717) is 43.1 Å². The van der Waals surface area contributed by atoms with Gasteiger partial charge in [0.1, 0.15) is 23.7 Å². The first-order valence-corrected chi connectivity index (χ1v) is 11.3. The monoisotopic (exact) mass is 456 g/mol. The molecule has 0 unspecified atom stereocenters. The number of nitrogens with one attached hydrogen (secondary N) is 2. The molecule has 2 aromatic carbocycles. The summed E-state index contributed by atoms with van der Waals surface area (Å²) >= 11 is 0. The number of hydrogen-bond donors (Lipinski definition) is 2. The molecule has 34 heavy (non-hydrogen) atoms. The van der Waals surface area contributed by atoms with Crippen LogP contribution in [0.5, 0.6) is 5.75 Å². The van der Waals surface area contributed by atoms with Gasteiger partial charge in [-0.3, -0.25) is 14.0 Å². The van der Waals surface area contributed by atoms with Crippen molar-refractivity contribution in [1.29, 1.82) is 0 Å². The highest BCUT2D eigenvalue weighted by atomic mass is 16.5. The smallest absolute Gasteiger partial charge is 0.270 e. The normalized spacial score (nSPS) is 10.8. The summed E-state index contributed by atoms with van der Waals surface area (Å²) in [5.74, 6) is 0.443. The average Bonchev–Trinajstić information content (AvgIpc) is 3.19. The zero-order valence-electron chi connectivity index (χ0n) is 19.4. The largest absolute Gasteiger partial charge is 0.489 e. The van der Waals surface area contributed by atoms with Crippen molar-refractivity contribution in [2.24, 2.45) is 0 Å². The standard InChI is InChI=1S/C27H28N4O3/c1-19-8-7-17-31-25(20(2)29-26(19)31)27(33)28-16-6-11-24(32)30-22-12-14-23(15-13-22)34-18-21-9-4-3-5-10-21/h3-5,7-10,12-15,17H,6,11,16,18H2,1-2H3,(H,28,33)(H,30,32). The molecular formula is C27H28N4O3. The Bertz CT molecular complexity index is 1280. The van der Waals surface area contributed by atoms with Crippen LogP contribution in [0.3, 0.4) is 0 Å². The number of imidazole rings is 1. The summed E-state index contributed by atoms with van der Waals surface area (Å²) in [6.07, 6.45) is 2.67. The number of carbonyl (C=O) groups is 2. The Kier molecular flexibility index (Phi) is 7.22. The Balaban J connectivity index is 1.21. The van der Waals surface area contributed by atoms with Gasteiger partial charge >= 0.3 is 0 Å². The quantitative estimate of drug-likeness (QED) is 0.358. The maximum absolute atomic E-state index is 12.7. The first kappa shape index (κ1) is 23.0. The van der Waals surface area contributed by atoms with E-state index in [9.17, 15) is 9.59 Å². The number of ether oxygens (including phenoxy) is 1. The van der Waals surface area contributed by atoms with E-state index in [2.05, 4.69) is 15.6 Å². The van der Waals surface area contributed by atoms with Gasteiger partial charge in [0.05, 0.1) is 5.69 Å². The van der Waals surface area contributed by atoms with E-state index in [1.807, 2.05) is 86.8 Å². The van der Waals surface area contributed by atoms with Gasteiger partial charge in [-0.25, -0.2) is 4.98 Å². The highest BCUT2D eigenvalue weighted by molar-refractivity contribution is 5.95. The number of benzene rings is 2. The fourth-order valence-electron chi connectivity index (χ4n) is 3.72. The maximum atomic E-state index is 12.7. The summed E-state index contributed by atoms with van der Waals surface area (Å²) in [6, 6.07) is 21.1. The second kappa shape index (κ2) is 10.7. The molecular weight excluding hydrogens is 428 g/mol. The molecule has 2 amide bonds. The van der Waals surface area contributed by atoms with Crippen molar-refractivity contribution in [2.45, 2.75) is 33.3 Å². The molecule has 2 aromatic heterocycles. The van der Waals surface area contributed by atoms with E-state index in [4.69, 9.17) is 4.74 Å². The van der Waals surface area contributed by atoms with Crippen LogP contribution in [0.15, 0.2) is 72.9 Å². The van der Waals surface area contributed by atoms with E-state index >= 15 is 0 Å². The number of hydrogen-bond acceptors (Lipinski definition) is 4. The zero-order valence-corrected chi connectivity index (χ0v) is 19.4. The van der Waals surface area contributed by atoms with E-state index in [-0.39, 0.29) is 11.8 Å². The topological polar surface area (TPSA) is 84.7 Å². The molecule has 4 aromatic rings. The predicted octanol–water partition coefficient (Wildman–Crippen LogP) is 4.68. The molecule has 0 radical (unpaired) electrons. The van der Waals surface area contributed by atoms with Gasteiger partial charge in [-0.2, -0.15) is 0 Å². The van der Waals surface area contributed by atoms with Crippen LogP contribution >= 0.6 is 0 Å². The number of aromatic nitrogens is 2. The van der Waals surface area contributed by atoms with Crippen LogP contribution in [0.2, 0.25) is 0 Å². The first-order chi connectivity index (χ1) is 16.5. The van der Waals surface area contributed by atoms with Crippen molar-refractivity contribution < 1.29 is 14.3 Å². The van der Waals surface area contributed by atoms with Gasteiger partial charge in [-0.1, -0.05) is 36.4 Å². The number of fused-ring (bicyclic) bond motifs is 1. The molecule has 7 heteroatoms. The Morgan fingerprint density at radius 1 is 0.971 bits per heavy atom. The van der Waals surface area contributed by atoms with Crippen molar-refractivity contribution in [3.8, 4) is 5.75 Å². The van der Waals surface area contributed by atoms with E-state index in [0.717, 1.165) is 22.5 Å². The summed E-state index contributed by atoms with van der Waals surface area (Å²) in [5, 5.41) is 5.77. The SMILES string of the molecule is Cc1nc2c(C)cccn2c1C(=O)NCCCC(=O)Nc1ccc(OCc2ccccc2)cc1. The third-order valence-corrected chi connectivity index (χ3v) is 5.49.